The van der Waals surface area contributed by atoms with Crippen molar-refractivity contribution in [3.8, 4) is 0 Å². The Labute approximate surface area is 168 Å². The number of nitrogens with zero attached hydrogens (tertiary/aromatic N) is 2. The number of benzene rings is 1. The van der Waals surface area contributed by atoms with Crippen LogP contribution in [0.3, 0.4) is 0 Å². The van der Waals surface area contributed by atoms with Crippen LogP contribution in [0.25, 0.3) is 11.0 Å². The lowest BCUT2D eigenvalue weighted by Crippen LogP contribution is -2.49. The van der Waals surface area contributed by atoms with Crippen LogP contribution < -0.4 is 5.32 Å². The van der Waals surface area contributed by atoms with Crippen LogP contribution >= 0.6 is 0 Å². The Morgan fingerprint density at radius 3 is 2.64 bits per heavy atom. The molecule has 1 saturated heterocycles. The minimum Gasteiger partial charge on any atom is -0.459 e. The fourth-order valence-electron chi connectivity index (χ4n) is 4.67. The molecular formula is C23H33N3O2. The van der Waals surface area contributed by atoms with Gasteiger partial charge in [0.25, 0.3) is 0 Å². The van der Waals surface area contributed by atoms with E-state index < -0.39 is 0 Å². The molecule has 1 aromatic heterocycles. The highest BCUT2D eigenvalue weighted by molar-refractivity contribution is 5.78. The lowest BCUT2D eigenvalue weighted by molar-refractivity contribution is 0.156. The van der Waals surface area contributed by atoms with Gasteiger partial charge in [-0.2, -0.15) is 0 Å². The Kier molecular flexibility index (Phi) is 5.90. The second-order valence-electron chi connectivity index (χ2n) is 8.65. The molecule has 2 aliphatic rings. The van der Waals surface area contributed by atoms with Crippen LogP contribution in [0.15, 0.2) is 34.7 Å². The van der Waals surface area contributed by atoms with Gasteiger partial charge in [-0.05, 0) is 50.7 Å². The average Bonchev–Trinajstić information content (AvgIpc) is 3.37. The fraction of sp³-hybridized carbons (Fsp3) is 0.609. The third-order valence-electron chi connectivity index (χ3n) is 6.66. The largest absolute Gasteiger partial charge is 0.459 e. The number of rotatable bonds is 5. The summed E-state index contributed by atoms with van der Waals surface area (Å²) >= 11 is 0. The maximum absolute atomic E-state index is 12.8. The van der Waals surface area contributed by atoms with Gasteiger partial charge >= 0.3 is 6.03 Å². The minimum atomic E-state index is -0.102. The molecule has 1 aliphatic carbocycles. The monoisotopic (exact) mass is 383 g/mol. The van der Waals surface area contributed by atoms with Gasteiger partial charge in [-0.15, -0.1) is 0 Å². The van der Waals surface area contributed by atoms with Crippen molar-refractivity contribution in [2.24, 2.45) is 5.92 Å². The van der Waals surface area contributed by atoms with E-state index in [1.807, 2.05) is 44.3 Å². The summed E-state index contributed by atoms with van der Waals surface area (Å²) < 4.78 is 5.94. The van der Waals surface area contributed by atoms with Crippen molar-refractivity contribution in [3.05, 3.63) is 36.1 Å². The number of carbonyl (C=O) groups excluding carboxylic acids is 1. The standard InChI is InChI=1S/C23H33N3O2/c1-17(22-15-19-9-5-6-10-21(19)28-22)25(2)23(27)24-20-11-13-26(14-12-20)16-18-7-3-4-8-18/h5-6,9-10,15,17-18,20H,3-4,7-8,11-14,16H2,1-2H3,(H,24,27)/t17-/m1/s1. The molecule has 28 heavy (non-hydrogen) atoms. The van der Waals surface area contributed by atoms with E-state index >= 15 is 0 Å². The number of furan rings is 1. The lowest BCUT2D eigenvalue weighted by atomic mass is 10.0. The molecular weight excluding hydrogens is 350 g/mol. The second-order valence-corrected chi connectivity index (χ2v) is 8.65. The molecule has 1 saturated carbocycles. The van der Waals surface area contributed by atoms with Gasteiger partial charge in [0.15, 0.2) is 0 Å². The van der Waals surface area contributed by atoms with Gasteiger partial charge < -0.3 is 19.5 Å². The van der Waals surface area contributed by atoms with Gasteiger partial charge in [0.2, 0.25) is 0 Å². The zero-order chi connectivity index (χ0) is 19.5. The average molecular weight is 384 g/mol. The number of piperidine rings is 1. The van der Waals surface area contributed by atoms with Crippen LogP contribution in [0.4, 0.5) is 4.79 Å². The van der Waals surface area contributed by atoms with Crippen molar-refractivity contribution >= 4 is 17.0 Å². The summed E-state index contributed by atoms with van der Waals surface area (Å²) in [6.45, 7) is 5.47. The molecule has 2 fully saturated rings. The number of likely N-dealkylation sites (tertiary alicyclic amines) is 1. The molecule has 2 heterocycles. The van der Waals surface area contributed by atoms with E-state index in [4.69, 9.17) is 4.42 Å². The topological polar surface area (TPSA) is 48.7 Å². The third-order valence-corrected chi connectivity index (χ3v) is 6.66. The van der Waals surface area contributed by atoms with Gasteiger partial charge in [-0.25, -0.2) is 4.79 Å². The minimum absolute atomic E-state index is 0.0119. The first-order valence-corrected chi connectivity index (χ1v) is 10.8. The van der Waals surface area contributed by atoms with E-state index in [0.29, 0.717) is 0 Å². The Morgan fingerprint density at radius 1 is 1.21 bits per heavy atom. The number of amides is 2. The molecule has 4 rings (SSSR count). The van der Waals surface area contributed by atoms with Crippen molar-refractivity contribution < 1.29 is 9.21 Å². The summed E-state index contributed by atoms with van der Waals surface area (Å²) in [5.41, 5.74) is 0.868. The molecule has 1 N–H and O–H groups in total. The Hall–Kier alpha value is -2.01. The van der Waals surface area contributed by atoms with Gasteiger partial charge in [0, 0.05) is 38.1 Å². The van der Waals surface area contributed by atoms with Crippen molar-refractivity contribution in [2.45, 2.75) is 57.5 Å². The smallest absolute Gasteiger partial charge is 0.317 e. The first-order chi connectivity index (χ1) is 13.6. The molecule has 5 nitrogen and oxygen atoms in total. The Morgan fingerprint density at radius 2 is 1.93 bits per heavy atom. The van der Waals surface area contributed by atoms with Crippen LogP contribution in [0.2, 0.25) is 0 Å². The van der Waals surface area contributed by atoms with E-state index in [0.717, 1.165) is 48.6 Å². The summed E-state index contributed by atoms with van der Waals surface area (Å²) in [4.78, 5) is 17.1. The number of para-hydroxylation sites is 1. The molecule has 1 aromatic carbocycles. The van der Waals surface area contributed by atoms with E-state index in [2.05, 4.69) is 10.2 Å². The number of fused-ring (bicyclic) bond motifs is 1. The second kappa shape index (κ2) is 8.56. The summed E-state index contributed by atoms with van der Waals surface area (Å²) in [5.74, 6) is 1.73. The van der Waals surface area contributed by atoms with E-state index in [9.17, 15) is 4.79 Å². The quantitative estimate of drug-likeness (QED) is 0.807. The number of carbonyl (C=O) groups is 1. The molecule has 2 amide bonds. The highest BCUT2D eigenvalue weighted by Gasteiger charge is 2.27. The van der Waals surface area contributed by atoms with Crippen LogP contribution in [-0.2, 0) is 0 Å². The molecule has 1 aliphatic heterocycles. The summed E-state index contributed by atoms with van der Waals surface area (Å²) in [7, 11) is 1.85. The maximum atomic E-state index is 12.8. The first-order valence-electron chi connectivity index (χ1n) is 10.8. The number of nitrogens with one attached hydrogen (secondary N) is 1. The summed E-state index contributed by atoms with van der Waals surface area (Å²) in [5, 5.41) is 4.31. The molecule has 2 aromatic rings. The molecule has 0 unspecified atom stereocenters. The van der Waals surface area contributed by atoms with Gasteiger partial charge in [0.1, 0.15) is 11.3 Å². The Balaban J connectivity index is 1.27. The molecule has 5 heteroatoms. The summed E-state index contributed by atoms with van der Waals surface area (Å²) in [6.07, 6.45) is 7.72. The van der Waals surface area contributed by atoms with Crippen molar-refractivity contribution in [1.29, 1.82) is 0 Å². The molecule has 0 spiro atoms. The fourth-order valence-corrected chi connectivity index (χ4v) is 4.67. The normalized spacial score (nSPS) is 20.5. The molecule has 0 radical (unpaired) electrons. The van der Waals surface area contributed by atoms with Crippen molar-refractivity contribution in [2.75, 3.05) is 26.7 Å². The number of urea groups is 1. The van der Waals surface area contributed by atoms with E-state index in [-0.39, 0.29) is 18.1 Å². The highest BCUT2D eigenvalue weighted by atomic mass is 16.3. The van der Waals surface area contributed by atoms with Crippen LogP contribution in [-0.4, -0.2) is 48.6 Å². The molecule has 1 atom stereocenters. The van der Waals surface area contributed by atoms with Crippen LogP contribution in [0.1, 0.15) is 57.3 Å². The van der Waals surface area contributed by atoms with Gasteiger partial charge in [-0.3, -0.25) is 0 Å². The zero-order valence-corrected chi connectivity index (χ0v) is 17.2. The van der Waals surface area contributed by atoms with Crippen LogP contribution in [0, 0.1) is 5.92 Å². The Bertz CT molecular complexity index is 755. The van der Waals surface area contributed by atoms with E-state index in [1.165, 1.54) is 32.2 Å². The predicted molar refractivity (Wildman–Crippen MR) is 112 cm³/mol. The maximum Gasteiger partial charge on any atom is 0.317 e. The van der Waals surface area contributed by atoms with E-state index in [1.54, 1.807) is 4.90 Å². The number of hydrogen-bond donors (Lipinski definition) is 1. The van der Waals surface area contributed by atoms with Crippen molar-refractivity contribution in [1.82, 2.24) is 15.1 Å². The van der Waals surface area contributed by atoms with Crippen molar-refractivity contribution in [3.63, 3.8) is 0 Å². The molecule has 152 valence electrons. The van der Waals surface area contributed by atoms with Gasteiger partial charge in [-0.1, -0.05) is 31.0 Å². The lowest BCUT2D eigenvalue weighted by Gasteiger charge is -2.35. The predicted octanol–water partition coefficient (Wildman–Crippen LogP) is 4.79. The highest BCUT2D eigenvalue weighted by Crippen LogP contribution is 2.28. The third kappa shape index (κ3) is 4.35. The SMILES string of the molecule is C[C@H](c1cc2ccccc2o1)N(C)C(=O)NC1CCN(CC2CCCC2)CC1. The summed E-state index contributed by atoms with van der Waals surface area (Å²) in [6, 6.07) is 10.2. The zero-order valence-electron chi connectivity index (χ0n) is 17.2. The first kappa shape index (κ1) is 19.3. The number of hydrogen-bond acceptors (Lipinski definition) is 3. The van der Waals surface area contributed by atoms with Crippen LogP contribution in [0.5, 0.6) is 0 Å². The molecule has 0 bridgehead atoms. The van der Waals surface area contributed by atoms with Gasteiger partial charge in [0.05, 0.1) is 6.04 Å².